The number of sulfone groups is 1. The number of carbonyl (C=O) groups excluding carboxylic acids is 2. The number of rotatable bonds is 8. The zero-order valence-corrected chi connectivity index (χ0v) is 17.3. The second-order valence-corrected chi connectivity index (χ2v) is 9.00. The molecule has 0 saturated carbocycles. The van der Waals surface area contributed by atoms with Crippen molar-refractivity contribution in [3.8, 4) is 0 Å². The summed E-state index contributed by atoms with van der Waals surface area (Å²) in [5.74, 6) is -1.50. The summed E-state index contributed by atoms with van der Waals surface area (Å²) in [7, 11) is -3.63. The number of ether oxygens (including phenoxy) is 1. The van der Waals surface area contributed by atoms with Crippen LogP contribution in [0.2, 0.25) is 0 Å². The summed E-state index contributed by atoms with van der Waals surface area (Å²) in [6.45, 7) is 1.86. The van der Waals surface area contributed by atoms with E-state index in [1.807, 2.05) is 6.92 Å². The van der Waals surface area contributed by atoms with Gasteiger partial charge in [0.1, 0.15) is 0 Å². The van der Waals surface area contributed by atoms with Crippen LogP contribution in [0.15, 0.2) is 89.8 Å². The fourth-order valence-electron chi connectivity index (χ4n) is 2.93. The highest BCUT2D eigenvalue weighted by molar-refractivity contribution is 7.91. The van der Waals surface area contributed by atoms with E-state index in [0.29, 0.717) is 11.1 Å². The predicted molar refractivity (Wildman–Crippen MR) is 114 cm³/mol. The molecule has 0 unspecified atom stereocenters. The van der Waals surface area contributed by atoms with Crippen molar-refractivity contribution in [3.05, 3.63) is 102 Å². The number of carbonyl (C=O) groups is 2. The zero-order valence-electron chi connectivity index (χ0n) is 16.5. The Kier molecular flexibility index (Phi) is 6.79. The van der Waals surface area contributed by atoms with Gasteiger partial charge in [0.25, 0.3) is 0 Å². The number of Topliss-reactive ketones (excluding diaryl/α,β-unsaturated/α-hetero) is 1. The first-order valence-corrected chi connectivity index (χ1v) is 11.2. The minimum atomic E-state index is -3.63. The molecule has 0 spiro atoms. The van der Waals surface area contributed by atoms with Gasteiger partial charge in [-0.1, -0.05) is 78.4 Å². The third-order valence-corrected chi connectivity index (χ3v) is 6.34. The molecule has 6 heteroatoms. The molecule has 0 N–H and O–H groups in total. The number of hydrogen-bond acceptors (Lipinski definition) is 5. The first kappa shape index (κ1) is 21.5. The first-order chi connectivity index (χ1) is 14.4. The number of aryl methyl sites for hydroxylation is 1. The standard InChI is InChI=1S/C24H22O5S/c1-18-12-14-21(15-13-18)30(27,28)17-16-22(25)29-24(20-10-6-3-7-11-20)23(26)19-8-4-2-5-9-19/h2-15,24H,16-17H2,1H3/t24-/m0/s1. The lowest BCUT2D eigenvalue weighted by Gasteiger charge is -2.17. The van der Waals surface area contributed by atoms with E-state index in [1.54, 1.807) is 72.8 Å². The quantitative estimate of drug-likeness (QED) is 0.399. The molecule has 0 aliphatic carbocycles. The molecule has 0 bridgehead atoms. The third-order valence-electron chi connectivity index (χ3n) is 4.60. The highest BCUT2D eigenvalue weighted by Crippen LogP contribution is 2.23. The van der Waals surface area contributed by atoms with Crippen molar-refractivity contribution in [3.63, 3.8) is 0 Å². The minimum Gasteiger partial charge on any atom is -0.449 e. The number of esters is 1. The Morgan fingerprint density at radius 2 is 1.40 bits per heavy atom. The summed E-state index contributed by atoms with van der Waals surface area (Å²) in [5, 5.41) is 0. The summed E-state index contributed by atoms with van der Waals surface area (Å²) in [4.78, 5) is 25.5. The summed E-state index contributed by atoms with van der Waals surface area (Å²) < 4.78 is 30.4. The summed E-state index contributed by atoms with van der Waals surface area (Å²) >= 11 is 0. The SMILES string of the molecule is Cc1ccc(S(=O)(=O)CCC(=O)O[C@H](C(=O)c2ccccc2)c2ccccc2)cc1. The Hall–Kier alpha value is -3.25. The predicted octanol–water partition coefficient (Wildman–Crippen LogP) is 4.33. The van der Waals surface area contributed by atoms with E-state index in [-0.39, 0.29) is 17.1 Å². The van der Waals surface area contributed by atoms with Crippen molar-refractivity contribution in [1.82, 2.24) is 0 Å². The third kappa shape index (κ3) is 5.42. The summed E-state index contributed by atoms with van der Waals surface area (Å²) in [6.07, 6.45) is -1.48. The molecule has 0 amide bonds. The van der Waals surface area contributed by atoms with Crippen molar-refractivity contribution < 1.29 is 22.7 Å². The molecular formula is C24H22O5S. The van der Waals surface area contributed by atoms with Gasteiger partial charge < -0.3 is 4.74 Å². The van der Waals surface area contributed by atoms with Crippen LogP contribution in [0.4, 0.5) is 0 Å². The summed E-state index contributed by atoms with van der Waals surface area (Å²) in [6, 6.07) is 23.7. The molecule has 3 rings (SSSR count). The van der Waals surface area contributed by atoms with E-state index < -0.39 is 27.7 Å². The Bertz CT molecular complexity index is 1110. The minimum absolute atomic E-state index is 0.154. The normalized spacial score (nSPS) is 12.2. The molecule has 5 nitrogen and oxygen atoms in total. The monoisotopic (exact) mass is 422 g/mol. The smallest absolute Gasteiger partial charge is 0.307 e. The molecule has 3 aromatic rings. The average molecular weight is 423 g/mol. The van der Waals surface area contributed by atoms with E-state index in [0.717, 1.165) is 5.56 Å². The van der Waals surface area contributed by atoms with Crippen LogP contribution in [0.3, 0.4) is 0 Å². The van der Waals surface area contributed by atoms with Crippen LogP contribution in [-0.2, 0) is 19.4 Å². The van der Waals surface area contributed by atoms with E-state index in [2.05, 4.69) is 0 Å². The van der Waals surface area contributed by atoms with Crippen molar-refractivity contribution in [1.29, 1.82) is 0 Å². The van der Waals surface area contributed by atoms with Crippen LogP contribution in [0.5, 0.6) is 0 Å². The van der Waals surface area contributed by atoms with Crippen molar-refractivity contribution >= 4 is 21.6 Å². The fourth-order valence-corrected chi connectivity index (χ4v) is 4.15. The number of benzene rings is 3. The van der Waals surface area contributed by atoms with Gasteiger partial charge in [0, 0.05) is 11.1 Å². The Morgan fingerprint density at radius 3 is 2.00 bits per heavy atom. The van der Waals surface area contributed by atoms with Crippen LogP contribution in [-0.4, -0.2) is 25.9 Å². The highest BCUT2D eigenvalue weighted by Gasteiger charge is 2.27. The molecular weight excluding hydrogens is 400 g/mol. The second-order valence-electron chi connectivity index (χ2n) is 6.89. The van der Waals surface area contributed by atoms with Gasteiger partial charge >= 0.3 is 5.97 Å². The molecule has 0 aliphatic rings. The highest BCUT2D eigenvalue weighted by atomic mass is 32.2. The largest absolute Gasteiger partial charge is 0.449 e. The van der Waals surface area contributed by atoms with E-state index in [1.165, 1.54) is 12.1 Å². The summed E-state index contributed by atoms with van der Waals surface area (Å²) in [5.41, 5.74) is 1.88. The van der Waals surface area contributed by atoms with Crippen molar-refractivity contribution in [2.75, 3.05) is 5.75 Å². The number of ketones is 1. The van der Waals surface area contributed by atoms with Gasteiger partial charge in [0.05, 0.1) is 17.1 Å². The zero-order chi connectivity index (χ0) is 21.6. The van der Waals surface area contributed by atoms with Crippen LogP contribution in [0.25, 0.3) is 0 Å². The fraction of sp³-hybridized carbons (Fsp3) is 0.167. The Balaban J connectivity index is 1.73. The molecule has 154 valence electrons. The maximum atomic E-state index is 12.9. The molecule has 0 aliphatic heterocycles. The lowest BCUT2D eigenvalue weighted by atomic mass is 10.00. The van der Waals surface area contributed by atoms with Crippen LogP contribution < -0.4 is 0 Å². The van der Waals surface area contributed by atoms with Gasteiger partial charge in [0.15, 0.2) is 15.9 Å². The Morgan fingerprint density at radius 1 is 0.833 bits per heavy atom. The maximum Gasteiger partial charge on any atom is 0.307 e. The molecule has 1 atom stereocenters. The van der Waals surface area contributed by atoms with Crippen LogP contribution >= 0.6 is 0 Å². The van der Waals surface area contributed by atoms with Crippen molar-refractivity contribution in [2.24, 2.45) is 0 Å². The molecule has 3 aromatic carbocycles. The van der Waals surface area contributed by atoms with Gasteiger partial charge in [-0.15, -0.1) is 0 Å². The first-order valence-electron chi connectivity index (χ1n) is 9.50. The molecule has 0 saturated heterocycles. The van der Waals surface area contributed by atoms with Gasteiger partial charge in [-0.05, 0) is 19.1 Å². The maximum absolute atomic E-state index is 12.9. The van der Waals surface area contributed by atoms with Crippen LogP contribution in [0.1, 0.15) is 34.0 Å². The van der Waals surface area contributed by atoms with Gasteiger partial charge in [-0.2, -0.15) is 0 Å². The lowest BCUT2D eigenvalue weighted by molar-refractivity contribution is -0.146. The second kappa shape index (κ2) is 9.50. The number of hydrogen-bond donors (Lipinski definition) is 0. The molecule has 0 radical (unpaired) electrons. The molecule has 30 heavy (non-hydrogen) atoms. The van der Waals surface area contributed by atoms with Gasteiger partial charge in [-0.25, -0.2) is 8.42 Å². The van der Waals surface area contributed by atoms with E-state index >= 15 is 0 Å². The van der Waals surface area contributed by atoms with Crippen LogP contribution in [0, 0.1) is 6.92 Å². The Labute approximate surface area is 176 Å². The van der Waals surface area contributed by atoms with E-state index in [4.69, 9.17) is 4.74 Å². The average Bonchev–Trinajstić information content (AvgIpc) is 2.77. The molecule has 0 aromatic heterocycles. The van der Waals surface area contributed by atoms with E-state index in [9.17, 15) is 18.0 Å². The molecule has 0 heterocycles. The van der Waals surface area contributed by atoms with Crippen molar-refractivity contribution in [2.45, 2.75) is 24.3 Å². The van der Waals surface area contributed by atoms with Gasteiger partial charge in [-0.3, -0.25) is 9.59 Å². The van der Waals surface area contributed by atoms with Gasteiger partial charge in [0.2, 0.25) is 5.78 Å². The lowest BCUT2D eigenvalue weighted by Crippen LogP contribution is -2.22. The topological polar surface area (TPSA) is 77.5 Å². The molecule has 0 fully saturated rings.